The van der Waals surface area contributed by atoms with E-state index in [2.05, 4.69) is 11.9 Å². The normalized spacial score (nSPS) is 18.2. The maximum atomic E-state index is 13.6. The molecule has 1 saturated heterocycles. The zero-order chi connectivity index (χ0) is 16.2. The summed E-state index contributed by atoms with van der Waals surface area (Å²) < 4.78 is 13.6. The summed E-state index contributed by atoms with van der Waals surface area (Å²) in [6.45, 7) is 3.60. The molecular weight excluding hydrogens is 311 g/mol. The molecule has 0 radical (unpaired) electrons. The lowest BCUT2D eigenvalue weighted by atomic mass is 9.98. The maximum Gasteiger partial charge on any atom is 0.222 e. The van der Waals surface area contributed by atoms with E-state index in [0.29, 0.717) is 24.3 Å². The molecule has 5 heteroatoms. The number of aromatic nitrogens is 1. The Morgan fingerprint density at radius 2 is 2.26 bits per heavy atom. The zero-order valence-electron chi connectivity index (χ0n) is 13.3. The SMILES string of the molecule is Cc1cnc([C@H]2CCCN(C(=O)CCc3ccccc3F)C2)s1. The van der Waals surface area contributed by atoms with Crippen LogP contribution in [0.4, 0.5) is 4.39 Å². The molecule has 0 spiro atoms. The van der Waals surface area contributed by atoms with Crippen LogP contribution in [0.1, 0.15) is 40.6 Å². The number of hydrogen-bond donors (Lipinski definition) is 0. The van der Waals surface area contributed by atoms with Crippen LogP contribution in [0.2, 0.25) is 0 Å². The van der Waals surface area contributed by atoms with Gasteiger partial charge in [-0.15, -0.1) is 11.3 Å². The van der Waals surface area contributed by atoms with Crippen molar-refractivity contribution in [3.05, 3.63) is 51.7 Å². The lowest BCUT2D eigenvalue weighted by molar-refractivity contribution is -0.132. The molecule has 0 N–H and O–H groups in total. The van der Waals surface area contributed by atoms with Crippen LogP contribution in [0.3, 0.4) is 0 Å². The fourth-order valence-electron chi connectivity index (χ4n) is 3.07. The third kappa shape index (κ3) is 3.96. The molecule has 2 heterocycles. The highest BCUT2D eigenvalue weighted by molar-refractivity contribution is 7.11. The summed E-state index contributed by atoms with van der Waals surface area (Å²) in [6.07, 6.45) is 4.82. The van der Waals surface area contributed by atoms with Crippen molar-refractivity contribution in [2.24, 2.45) is 0 Å². The van der Waals surface area contributed by atoms with Crippen LogP contribution in [0, 0.1) is 12.7 Å². The highest BCUT2D eigenvalue weighted by Crippen LogP contribution is 2.30. The number of halogens is 1. The monoisotopic (exact) mass is 332 g/mol. The van der Waals surface area contributed by atoms with E-state index in [4.69, 9.17) is 0 Å². The third-order valence-electron chi connectivity index (χ3n) is 4.33. The van der Waals surface area contributed by atoms with Gasteiger partial charge in [-0.1, -0.05) is 18.2 Å². The molecule has 0 saturated carbocycles. The third-order valence-corrected chi connectivity index (χ3v) is 5.40. The molecule has 1 atom stereocenters. The first-order valence-electron chi connectivity index (χ1n) is 8.07. The van der Waals surface area contributed by atoms with Gasteiger partial charge in [-0.2, -0.15) is 0 Å². The number of amides is 1. The van der Waals surface area contributed by atoms with Gasteiger partial charge in [0, 0.05) is 36.5 Å². The molecule has 1 aliphatic heterocycles. The Morgan fingerprint density at radius 1 is 1.43 bits per heavy atom. The molecule has 0 aliphatic carbocycles. The van der Waals surface area contributed by atoms with Gasteiger partial charge in [-0.25, -0.2) is 9.37 Å². The molecule has 1 aliphatic rings. The molecule has 3 nitrogen and oxygen atoms in total. The van der Waals surface area contributed by atoms with Crippen LogP contribution in [0.15, 0.2) is 30.5 Å². The van der Waals surface area contributed by atoms with Gasteiger partial charge in [0.2, 0.25) is 5.91 Å². The Balaban J connectivity index is 1.58. The Kier molecular flexibility index (Phi) is 5.06. The van der Waals surface area contributed by atoms with E-state index in [1.165, 1.54) is 10.9 Å². The average molecular weight is 332 g/mol. The van der Waals surface area contributed by atoms with Crippen LogP contribution in [-0.2, 0) is 11.2 Å². The number of rotatable bonds is 4. The number of likely N-dealkylation sites (tertiary alicyclic amines) is 1. The van der Waals surface area contributed by atoms with Gasteiger partial charge in [-0.05, 0) is 37.8 Å². The van der Waals surface area contributed by atoms with E-state index >= 15 is 0 Å². The van der Waals surface area contributed by atoms with E-state index < -0.39 is 0 Å². The topological polar surface area (TPSA) is 33.2 Å². The Hall–Kier alpha value is -1.75. The van der Waals surface area contributed by atoms with Gasteiger partial charge in [0.1, 0.15) is 5.82 Å². The number of aryl methyl sites for hydroxylation is 2. The molecule has 1 aromatic heterocycles. The summed E-state index contributed by atoms with van der Waals surface area (Å²) in [6, 6.07) is 6.68. The van der Waals surface area contributed by atoms with E-state index in [1.807, 2.05) is 17.2 Å². The number of piperidine rings is 1. The summed E-state index contributed by atoms with van der Waals surface area (Å²) in [5.74, 6) is 0.237. The van der Waals surface area contributed by atoms with Crippen molar-refractivity contribution in [1.29, 1.82) is 0 Å². The number of benzene rings is 1. The molecule has 0 bridgehead atoms. The molecule has 122 valence electrons. The minimum Gasteiger partial charge on any atom is -0.342 e. The van der Waals surface area contributed by atoms with Crippen LogP contribution in [0.25, 0.3) is 0 Å². The first-order valence-corrected chi connectivity index (χ1v) is 8.88. The minimum absolute atomic E-state index is 0.117. The second-order valence-corrected chi connectivity index (χ2v) is 7.35. The van der Waals surface area contributed by atoms with E-state index in [0.717, 1.165) is 30.9 Å². The number of nitrogens with zero attached hydrogens (tertiary/aromatic N) is 2. The van der Waals surface area contributed by atoms with Crippen molar-refractivity contribution >= 4 is 17.2 Å². The van der Waals surface area contributed by atoms with Gasteiger partial charge < -0.3 is 4.90 Å². The van der Waals surface area contributed by atoms with Gasteiger partial charge in [-0.3, -0.25) is 4.79 Å². The molecule has 2 aromatic rings. The fourth-order valence-corrected chi connectivity index (χ4v) is 3.97. The number of hydrogen-bond acceptors (Lipinski definition) is 3. The Bertz CT molecular complexity index is 685. The van der Waals surface area contributed by atoms with Crippen LogP contribution < -0.4 is 0 Å². The lowest BCUT2D eigenvalue weighted by Gasteiger charge is -2.32. The van der Waals surface area contributed by atoms with Crippen molar-refractivity contribution < 1.29 is 9.18 Å². The molecule has 23 heavy (non-hydrogen) atoms. The van der Waals surface area contributed by atoms with E-state index in [-0.39, 0.29) is 11.7 Å². The summed E-state index contributed by atoms with van der Waals surface area (Å²) in [7, 11) is 0. The first kappa shape index (κ1) is 16.1. The quantitative estimate of drug-likeness (QED) is 0.850. The summed E-state index contributed by atoms with van der Waals surface area (Å²) >= 11 is 1.72. The highest BCUT2D eigenvalue weighted by Gasteiger charge is 2.26. The second kappa shape index (κ2) is 7.21. The number of carbonyl (C=O) groups excluding carboxylic acids is 1. The van der Waals surface area contributed by atoms with E-state index in [9.17, 15) is 9.18 Å². The van der Waals surface area contributed by atoms with Crippen LogP contribution >= 0.6 is 11.3 Å². The van der Waals surface area contributed by atoms with Crippen molar-refractivity contribution in [3.63, 3.8) is 0 Å². The first-order chi connectivity index (χ1) is 11.1. The Labute approximate surface area is 140 Å². The molecular formula is C18H21FN2OS. The smallest absolute Gasteiger partial charge is 0.222 e. The maximum absolute atomic E-state index is 13.6. The molecule has 1 amide bonds. The van der Waals surface area contributed by atoms with Gasteiger partial charge in [0.15, 0.2) is 0 Å². The fraction of sp³-hybridized carbons (Fsp3) is 0.444. The standard InChI is InChI=1S/C18H21FN2OS/c1-13-11-20-18(23-13)15-6-4-10-21(12-15)17(22)9-8-14-5-2-3-7-16(14)19/h2-3,5,7,11,15H,4,6,8-10,12H2,1H3/t15-/m0/s1. The lowest BCUT2D eigenvalue weighted by Crippen LogP contribution is -2.39. The predicted molar refractivity (Wildman–Crippen MR) is 90.1 cm³/mol. The van der Waals surface area contributed by atoms with Gasteiger partial charge in [0.25, 0.3) is 0 Å². The highest BCUT2D eigenvalue weighted by atomic mass is 32.1. The van der Waals surface area contributed by atoms with Crippen molar-refractivity contribution in [1.82, 2.24) is 9.88 Å². The van der Waals surface area contributed by atoms with Gasteiger partial charge >= 0.3 is 0 Å². The van der Waals surface area contributed by atoms with E-state index in [1.54, 1.807) is 23.5 Å². The van der Waals surface area contributed by atoms with Crippen molar-refractivity contribution in [2.75, 3.05) is 13.1 Å². The summed E-state index contributed by atoms with van der Waals surface area (Å²) in [4.78, 5) is 20.1. The van der Waals surface area contributed by atoms with Crippen molar-refractivity contribution in [2.45, 2.75) is 38.5 Å². The second-order valence-electron chi connectivity index (χ2n) is 6.08. The van der Waals surface area contributed by atoms with Crippen molar-refractivity contribution in [3.8, 4) is 0 Å². The summed E-state index contributed by atoms with van der Waals surface area (Å²) in [5.41, 5.74) is 0.616. The van der Waals surface area contributed by atoms with Crippen LogP contribution in [-0.4, -0.2) is 28.9 Å². The zero-order valence-corrected chi connectivity index (χ0v) is 14.1. The average Bonchev–Trinajstić information content (AvgIpc) is 3.00. The molecule has 1 fully saturated rings. The molecule has 0 unspecified atom stereocenters. The van der Waals surface area contributed by atoms with Crippen LogP contribution in [0.5, 0.6) is 0 Å². The molecule has 1 aromatic carbocycles. The minimum atomic E-state index is -0.227. The number of carbonyl (C=O) groups is 1. The number of thiazole rings is 1. The molecule has 3 rings (SSSR count). The summed E-state index contributed by atoms with van der Waals surface area (Å²) in [5, 5.41) is 1.13. The predicted octanol–water partition coefficient (Wildman–Crippen LogP) is 3.93. The van der Waals surface area contributed by atoms with Gasteiger partial charge in [0.05, 0.1) is 5.01 Å². The Morgan fingerprint density at radius 3 is 3.00 bits per heavy atom. The largest absolute Gasteiger partial charge is 0.342 e.